The van der Waals surface area contributed by atoms with E-state index in [1.807, 2.05) is 26.0 Å². The molecule has 0 aromatic carbocycles. The summed E-state index contributed by atoms with van der Waals surface area (Å²) in [5.41, 5.74) is 2.12. The van der Waals surface area contributed by atoms with Crippen molar-refractivity contribution in [2.24, 2.45) is 0 Å². The zero-order valence-corrected chi connectivity index (χ0v) is 11.8. The maximum atomic E-state index is 5.82. The molecule has 0 aliphatic carbocycles. The summed E-state index contributed by atoms with van der Waals surface area (Å²) in [7, 11) is 1.73. The normalized spacial score (nSPS) is 10.4. The van der Waals surface area contributed by atoms with Crippen molar-refractivity contribution in [3.8, 4) is 0 Å². The standard InChI is InChI=1S/C11H12ClN5S/c1-6-4-7(2)14-8(5-6)18-11-16-9(12)15-10(13-3)17-11/h4-5H,1-3H3,(H,13,15,16,17). The molecule has 0 saturated heterocycles. The molecule has 0 amide bonds. The number of halogens is 1. The lowest BCUT2D eigenvalue weighted by Crippen LogP contribution is -2.00. The number of pyridine rings is 1. The quantitative estimate of drug-likeness (QED) is 0.933. The molecule has 0 saturated carbocycles. The van der Waals surface area contributed by atoms with Crippen molar-refractivity contribution in [1.82, 2.24) is 19.9 Å². The van der Waals surface area contributed by atoms with Crippen molar-refractivity contribution in [2.45, 2.75) is 24.0 Å². The van der Waals surface area contributed by atoms with Crippen molar-refractivity contribution in [3.05, 3.63) is 28.7 Å². The van der Waals surface area contributed by atoms with Gasteiger partial charge < -0.3 is 5.32 Å². The number of aromatic nitrogens is 4. The van der Waals surface area contributed by atoms with Gasteiger partial charge in [-0.3, -0.25) is 0 Å². The van der Waals surface area contributed by atoms with Gasteiger partial charge in [0.25, 0.3) is 0 Å². The second-order valence-corrected chi connectivity index (χ2v) is 5.01. The summed E-state index contributed by atoms with van der Waals surface area (Å²) in [4.78, 5) is 16.6. The summed E-state index contributed by atoms with van der Waals surface area (Å²) in [5, 5.41) is 4.37. The average molecular weight is 282 g/mol. The molecule has 2 rings (SSSR count). The van der Waals surface area contributed by atoms with Gasteiger partial charge in [-0.05, 0) is 54.9 Å². The van der Waals surface area contributed by atoms with Crippen molar-refractivity contribution in [1.29, 1.82) is 0 Å². The molecule has 0 aliphatic heterocycles. The third-order valence-electron chi connectivity index (χ3n) is 2.08. The van der Waals surface area contributed by atoms with Crippen molar-refractivity contribution < 1.29 is 0 Å². The van der Waals surface area contributed by atoms with Crippen LogP contribution >= 0.6 is 23.4 Å². The van der Waals surface area contributed by atoms with Crippen LogP contribution in [0.2, 0.25) is 5.28 Å². The maximum Gasteiger partial charge on any atom is 0.228 e. The highest BCUT2D eigenvalue weighted by Gasteiger charge is 2.07. The third-order valence-corrected chi connectivity index (χ3v) is 3.03. The van der Waals surface area contributed by atoms with Crippen molar-refractivity contribution in [3.63, 3.8) is 0 Å². The number of hydrogen-bond donors (Lipinski definition) is 1. The highest BCUT2D eigenvalue weighted by molar-refractivity contribution is 7.99. The number of hydrogen-bond acceptors (Lipinski definition) is 6. The Kier molecular flexibility index (Phi) is 3.98. The van der Waals surface area contributed by atoms with Gasteiger partial charge in [-0.15, -0.1) is 0 Å². The number of rotatable bonds is 3. The van der Waals surface area contributed by atoms with E-state index in [2.05, 4.69) is 25.3 Å². The van der Waals surface area contributed by atoms with Crippen LogP contribution in [0, 0.1) is 13.8 Å². The van der Waals surface area contributed by atoms with Crippen LogP contribution in [0.25, 0.3) is 0 Å². The predicted molar refractivity (Wildman–Crippen MR) is 72.2 cm³/mol. The molecule has 18 heavy (non-hydrogen) atoms. The Hall–Kier alpha value is -1.40. The highest BCUT2D eigenvalue weighted by atomic mass is 35.5. The molecule has 0 spiro atoms. The molecule has 2 aromatic rings. The van der Waals surface area contributed by atoms with E-state index in [1.54, 1.807) is 7.05 Å². The third kappa shape index (κ3) is 3.30. The van der Waals surface area contributed by atoms with Gasteiger partial charge in [0.05, 0.1) is 0 Å². The number of nitrogens with one attached hydrogen (secondary N) is 1. The predicted octanol–water partition coefficient (Wildman–Crippen LogP) is 2.73. The first kappa shape index (κ1) is 13.0. The van der Waals surface area contributed by atoms with Gasteiger partial charge in [0, 0.05) is 12.7 Å². The lowest BCUT2D eigenvalue weighted by atomic mass is 10.3. The molecule has 94 valence electrons. The number of anilines is 1. The summed E-state index contributed by atoms with van der Waals surface area (Å²) in [5.74, 6) is 0.446. The number of nitrogens with zero attached hydrogens (tertiary/aromatic N) is 4. The van der Waals surface area contributed by atoms with Crippen molar-refractivity contribution >= 4 is 29.3 Å². The van der Waals surface area contributed by atoms with E-state index >= 15 is 0 Å². The van der Waals surface area contributed by atoms with E-state index in [0.29, 0.717) is 11.1 Å². The summed E-state index contributed by atoms with van der Waals surface area (Å²) in [6.07, 6.45) is 0. The van der Waals surface area contributed by atoms with Gasteiger partial charge in [0.2, 0.25) is 11.2 Å². The molecule has 7 heteroatoms. The van der Waals surface area contributed by atoms with Gasteiger partial charge in [0.15, 0.2) is 5.16 Å². The first-order valence-electron chi connectivity index (χ1n) is 5.29. The molecule has 0 unspecified atom stereocenters. The van der Waals surface area contributed by atoms with Gasteiger partial charge in [-0.25, -0.2) is 4.98 Å². The highest BCUT2D eigenvalue weighted by Crippen LogP contribution is 2.25. The van der Waals surface area contributed by atoms with E-state index in [4.69, 9.17) is 11.6 Å². The van der Waals surface area contributed by atoms with Crippen LogP contribution in [-0.2, 0) is 0 Å². The fraction of sp³-hybridized carbons (Fsp3) is 0.273. The Morgan fingerprint density at radius 3 is 2.56 bits per heavy atom. The average Bonchev–Trinajstić information content (AvgIpc) is 2.26. The molecule has 0 bridgehead atoms. The minimum Gasteiger partial charge on any atom is -0.357 e. The molecule has 5 nitrogen and oxygen atoms in total. The molecule has 2 aromatic heterocycles. The SMILES string of the molecule is CNc1nc(Cl)nc(Sc2cc(C)cc(C)n2)n1. The van der Waals surface area contributed by atoms with Gasteiger partial charge in [0.1, 0.15) is 5.03 Å². The van der Waals surface area contributed by atoms with Crippen LogP contribution in [0.5, 0.6) is 0 Å². The van der Waals surface area contributed by atoms with Gasteiger partial charge in [-0.2, -0.15) is 15.0 Å². The fourth-order valence-corrected chi connectivity index (χ4v) is 2.54. The monoisotopic (exact) mass is 281 g/mol. The van der Waals surface area contributed by atoms with Crippen LogP contribution < -0.4 is 5.32 Å². The Morgan fingerprint density at radius 2 is 1.89 bits per heavy atom. The smallest absolute Gasteiger partial charge is 0.228 e. The van der Waals surface area contributed by atoms with Crippen molar-refractivity contribution in [2.75, 3.05) is 12.4 Å². The second kappa shape index (κ2) is 5.49. The molecule has 0 atom stereocenters. The van der Waals surface area contributed by atoms with Crippen LogP contribution in [-0.4, -0.2) is 27.0 Å². The van der Waals surface area contributed by atoms with Crippen LogP contribution in [0.3, 0.4) is 0 Å². The largest absolute Gasteiger partial charge is 0.357 e. The second-order valence-electron chi connectivity index (χ2n) is 3.69. The van der Waals surface area contributed by atoms with Gasteiger partial charge in [-0.1, -0.05) is 0 Å². The summed E-state index contributed by atoms with van der Waals surface area (Å²) in [6.45, 7) is 3.98. The van der Waals surface area contributed by atoms with E-state index in [1.165, 1.54) is 11.8 Å². The Morgan fingerprint density at radius 1 is 1.11 bits per heavy atom. The summed E-state index contributed by atoms with van der Waals surface area (Å²) < 4.78 is 0. The summed E-state index contributed by atoms with van der Waals surface area (Å²) >= 11 is 7.18. The number of aryl methyl sites for hydroxylation is 2. The van der Waals surface area contributed by atoms with Crippen LogP contribution in [0.15, 0.2) is 22.3 Å². The molecule has 2 heterocycles. The zero-order chi connectivity index (χ0) is 13.1. The molecule has 0 fully saturated rings. The Labute approximate surface area is 114 Å². The minimum absolute atomic E-state index is 0.168. The Bertz CT molecular complexity index is 555. The first-order valence-corrected chi connectivity index (χ1v) is 6.49. The Balaban J connectivity index is 2.30. The van der Waals surface area contributed by atoms with E-state index in [-0.39, 0.29) is 5.28 Å². The molecular formula is C11H12ClN5S. The topological polar surface area (TPSA) is 63.6 Å². The fourth-order valence-electron chi connectivity index (χ4n) is 1.44. The molecule has 0 aliphatic rings. The zero-order valence-electron chi connectivity index (χ0n) is 10.2. The van der Waals surface area contributed by atoms with E-state index in [9.17, 15) is 0 Å². The van der Waals surface area contributed by atoms with E-state index < -0.39 is 0 Å². The molecule has 1 N–H and O–H groups in total. The van der Waals surface area contributed by atoms with Crippen LogP contribution in [0.1, 0.15) is 11.3 Å². The lowest BCUT2D eigenvalue weighted by molar-refractivity contribution is 0.903. The maximum absolute atomic E-state index is 5.82. The molecular weight excluding hydrogens is 270 g/mol. The first-order chi connectivity index (χ1) is 8.56. The summed E-state index contributed by atoms with van der Waals surface area (Å²) in [6, 6.07) is 4.00. The minimum atomic E-state index is 0.168. The van der Waals surface area contributed by atoms with E-state index in [0.717, 1.165) is 16.3 Å². The lowest BCUT2D eigenvalue weighted by Gasteiger charge is -2.04. The molecule has 0 radical (unpaired) electrons. The van der Waals surface area contributed by atoms with Gasteiger partial charge >= 0.3 is 0 Å². The van der Waals surface area contributed by atoms with Crippen LogP contribution in [0.4, 0.5) is 5.95 Å².